The minimum absolute atomic E-state index is 0.528. The zero-order valence-corrected chi connectivity index (χ0v) is 23.0. The van der Waals surface area contributed by atoms with Gasteiger partial charge in [0.15, 0.2) is 34.8 Å². The molecule has 1 heterocycles. The molecule has 0 N–H and O–H groups in total. The molecule has 0 aliphatic carbocycles. The Balaban J connectivity index is 0.000000352. The van der Waals surface area contributed by atoms with Crippen molar-refractivity contribution in [2.45, 2.75) is 26.5 Å². The third-order valence-corrected chi connectivity index (χ3v) is 5.82. The number of ether oxygens (including phenoxy) is 2. The predicted molar refractivity (Wildman–Crippen MR) is 146 cm³/mol. The van der Waals surface area contributed by atoms with E-state index in [1.165, 1.54) is 5.56 Å². The number of benzene rings is 3. The summed E-state index contributed by atoms with van der Waals surface area (Å²) in [6, 6.07) is 22.3. The van der Waals surface area contributed by atoms with Crippen LogP contribution >= 0.6 is 0 Å². The lowest BCUT2D eigenvalue weighted by atomic mass is 10.1. The zero-order chi connectivity index (χ0) is 30.4. The molecule has 4 rings (SSSR count). The first-order valence-electron chi connectivity index (χ1n) is 12.4. The third kappa shape index (κ3) is 9.68. The summed E-state index contributed by atoms with van der Waals surface area (Å²) in [5.41, 5.74) is 2.58. The van der Waals surface area contributed by atoms with E-state index in [9.17, 15) is 22.0 Å². The van der Waals surface area contributed by atoms with Crippen LogP contribution in [0.5, 0.6) is 11.5 Å². The molecule has 0 unspecified atom stereocenters. The topological polar surface area (TPSA) is 51.7 Å². The lowest BCUT2D eigenvalue weighted by Crippen LogP contribution is -2.21. The summed E-state index contributed by atoms with van der Waals surface area (Å²) in [7, 11) is 3.80. The van der Waals surface area contributed by atoms with Gasteiger partial charge in [0.25, 0.3) is 0 Å². The molecule has 1 aromatic heterocycles. The number of hydrogen-bond donors (Lipinski definition) is 0. The normalized spacial score (nSPS) is 10.3. The molecule has 41 heavy (non-hydrogen) atoms. The maximum absolute atomic E-state index is 12.4. The average molecular weight is 575 g/mol. The predicted octanol–water partition coefficient (Wildman–Crippen LogP) is 6.85. The fourth-order valence-electron chi connectivity index (χ4n) is 3.62. The molecular weight excluding hydrogens is 543 g/mol. The van der Waals surface area contributed by atoms with Crippen molar-refractivity contribution in [3.05, 3.63) is 124 Å². The largest absolute Gasteiger partial charge is 0.493 e. The van der Waals surface area contributed by atoms with Crippen molar-refractivity contribution in [1.29, 1.82) is 0 Å². The second-order valence-electron chi connectivity index (χ2n) is 8.76. The first kappa shape index (κ1) is 32.9. The molecule has 0 atom stereocenters. The number of carbonyl (C=O) groups is 1. The Labute approximate surface area is 236 Å². The number of likely N-dealkylation sites (N-methyl/N-ethyl adjacent to an activating group) is 1. The van der Waals surface area contributed by atoms with Gasteiger partial charge in [-0.3, -0.25) is 4.98 Å². The highest BCUT2D eigenvalue weighted by Crippen LogP contribution is 2.29. The van der Waals surface area contributed by atoms with Gasteiger partial charge in [-0.15, -0.1) is 0 Å². The highest BCUT2D eigenvalue weighted by atomic mass is 19.2. The maximum Gasteiger partial charge on any atom is 0.200 e. The molecule has 3 aromatic carbocycles. The van der Waals surface area contributed by atoms with E-state index < -0.39 is 34.6 Å². The van der Waals surface area contributed by atoms with Crippen LogP contribution in [0.2, 0.25) is 0 Å². The van der Waals surface area contributed by atoms with Gasteiger partial charge in [-0.1, -0.05) is 42.5 Å². The first-order valence-corrected chi connectivity index (χ1v) is 12.4. The Morgan fingerprint density at radius 2 is 1.39 bits per heavy atom. The van der Waals surface area contributed by atoms with Crippen molar-refractivity contribution in [3.8, 4) is 11.5 Å². The molecule has 0 saturated carbocycles. The Morgan fingerprint density at radius 3 is 1.98 bits per heavy atom. The minimum Gasteiger partial charge on any atom is -0.493 e. The molecule has 0 aliphatic heterocycles. The monoisotopic (exact) mass is 574 g/mol. The van der Waals surface area contributed by atoms with Crippen LogP contribution in [0.4, 0.5) is 22.0 Å². The zero-order valence-electron chi connectivity index (χ0n) is 23.0. The number of aromatic nitrogens is 1. The van der Waals surface area contributed by atoms with Crippen molar-refractivity contribution < 1.29 is 36.2 Å². The van der Waals surface area contributed by atoms with Gasteiger partial charge >= 0.3 is 0 Å². The molecule has 10 heteroatoms. The number of carbonyl (C=O) groups excluding carboxylic acids is 1. The summed E-state index contributed by atoms with van der Waals surface area (Å²) < 4.78 is 73.0. The summed E-state index contributed by atoms with van der Waals surface area (Å²) >= 11 is 0. The molecule has 0 radical (unpaired) electrons. The standard InChI is InChI=1S/C23H26N2O2.C7H3F5.CH2O/c1-25(15-13-21-10-6-7-14-24-21)17-20-11-12-22(23(16-20)26-2)27-18-19-8-4-3-5-9-19;1-2-3(8)5(10)7(12)6(11)4(2)9;1-2/h3-12,14,16H,13,15,17-18H2,1-2H3;1H3;1H2. The van der Waals surface area contributed by atoms with E-state index >= 15 is 0 Å². The van der Waals surface area contributed by atoms with Gasteiger partial charge in [0.1, 0.15) is 13.4 Å². The molecule has 0 bridgehead atoms. The van der Waals surface area contributed by atoms with Crippen molar-refractivity contribution in [2.75, 3.05) is 20.7 Å². The molecule has 218 valence electrons. The van der Waals surface area contributed by atoms with E-state index in [-0.39, 0.29) is 0 Å². The maximum atomic E-state index is 12.4. The van der Waals surface area contributed by atoms with Gasteiger partial charge in [-0.05, 0) is 49.4 Å². The van der Waals surface area contributed by atoms with Gasteiger partial charge < -0.3 is 19.2 Å². The average Bonchev–Trinajstić information content (AvgIpc) is 3.02. The quantitative estimate of drug-likeness (QED) is 0.124. The molecule has 0 aliphatic rings. The van der Waals surface area contributed by atoms with Crippen LogP contribution in [0.15, 0.2) is 72.9 Å². The summed E-state index contributed by atoms with van der Waals surface area (Å²) in [5.74, 6) is -7.99. The first-order chi connectivity index (χ1) is 19.7. The molecule has 0 saturated heterocycles. The van der Waals surface area contributed by atoms with Crippen LogP contribution in [-0.4, -0.2) is 37.4 Å². The highest BCUT2D eigenvalue weighted by Gasteiger charge is 2.22. The number of halogens is 5. The van der Waals surface area contributed by atoms with E-state index in [0.29, 0.717) is 6.61 Å². The fourth-order valence-corrected chi connectivity index (χ4v) is 3.62. The Hall–Kier alpha value is -4.31. The van der Waals surface area contributed by atoms with Gasteiger partial charge in [-0.2, -0.15) is 0 Å². The smallest absolute Gasteiger partial charge is 0.200 e. The third-order valence-electron chi connectivity index (χ3n) is 5.82. The van der Waals surface area contributed by atoms with Crippen molar-refractivity contribution in [2.24, 2.45) is 0 Å². The van der Waals surface area contributed by atoms with Crippen LogP contribution in [0.3, 0.4) is 0 Å². The summed E-state index contributed by atoms with van der Waals surface area (Å²) in [4.78, 5) is 14.7. The van der Waals surface area contributed by atoms with E-state index in [4.69, 9.17) is 14.3 Å². The van der Waals surface area contributed by atoms with Gasteiger partial charge in [0.2, 0.25) is 5.82 Å². The van der Waals surface area contributed by atoms with E-state index in [1.54, 1.807) is 7.11 Å². The van der Waals surface area contributed by atoms with Gasteiger partial charge in [0.05, 0.1) is 7.11 Å². The van der Waals surface area contributed by atoms with E-state index in [1.807, 2.05) is 49.4 Å². The number of rotatable bonds is 9. The molecule has 4 aromatic rings. The summed E-state index contributed by atoms with van der Waals surface area (Å²) in [6.45, 7) is 5.14. The number of hydrogen-bond acceptors (Lipinski definition) is 5. The van der Waals surface area contributed by atoms with Gasteiger partial charge in [0, 0.05) is 37.0 Å². The van der Waals surface area contributed by atoms with Crippen LogP contribution in [0, 0.1) is 36.0 Å². The minimum atomic E-state index is -2.13. The van der Waals surface area contributed by atoms with E-state index in [0.717, 1.165) is 49.2 Å². The Kier molecular flexibility index (Phi) is 13.4. The SMILES string of the molecule is C=O.COc1cc(CN(C)CCc2ccccn2)ccc1OCc1ccccc1.Cc1c(F)c(F)c(F)c(F)c1F. The van der Waals surface area contributed by atoms with Crippen LogP contribution in [0.1, 0.15) is 22.4 Å². The van der Waals surface area contributed by atoms with Gasteiger partial charge in [-0.25, -0.2) is 22.0 Å². The molecule has 0 fully saturated rings. The summed E-state index contributed by atoms with van der Waals surface area (Å²) in [6.07, 6.45) is 2.78. The Morgan fingerprint density at radius 1 is 0.780 bits per heavy atom. The van der Waals surface area contributed by atoms with Crippen LogP contribution in [0.25, 0.3) is 0 Å². The van der Waals surface area contributed by atoms with E-state index in [2.05, 4.69) is 47.3 Å². The van der Waals surface area contributed by atoms with Crippen molar-refractivity contribution in [3.63, 3.8) is 0 Å². The summed E-state index contributed by atoms with van der Waals surface area (Å²) in [5, 5.41) is 0. The van der Waals surface area contributed by atoms with Crippen molar-refractivity contribution in [1.82, 2.24) is 9.88 Å². The van der Waals surface area contributed by atoms with Crippen molar-refractivity contribution >= 4 is 6.79 Å². The molecule has 0 spiro atoms. The number of nitrogens with zero attached hydrogens (tertiary/aromatic N) is 2. The van der Waals surface area contributed by atoms with Crippen LogP contribution < -0.4 is 9.47 Å². The number of pyridine rings is 1. The Bertz CT molecular complexity index is 1270. The molecular formula is C31H31F5N2O3. The lowest BCUT2D eigenvalue weighted by molar-refractivity contribution is -0.0980. The second-order valence-corrected chi connectivity index (χ2v) is 8.76. The highest BCUT2D eigenvalue weighted by molar-refractivity contribution is 5.43. The molecule has 5 nitrogen and oxygen atoms in total. The molecule has 0 amide bonds. The lowest BCUT2D eigenvalue weighted by Gasteiger charge is -2.18. The fraction of sp³-hybridized carbons (Fsp3) is 0.226. The number of methoxy groups -OCH3 is 1. The second kappa shape index (κ2) is 16.7. The van der Waals surface area contributed by atoms with Crippen LogP contribution in [-0.2, 0) is 24.4 Å².